The van der Waals surface area contributed by atoms with Crippen LogP contribution in [0, 0.1) is 0 Å². The average molecular weight is 284 g/mol. The molecule has 21 heavy (non-hydrogen) atoms. The highest BCUT2D eigenvalue weighted by Gasteiger charge is 2.45. The number of hydrogen-bond acceptors (Lipinski definition) is 4. The molecule has 5 nitrogen and oxygen atoms in total. The number of nitrogens with zero attached hydrogens (tertiary/aromatic N) is 2. The van der Waals surface area contributed by atoms with E-state index in [9.17, 15) is 4.79 Å². The molecule has 2 aliphatic rings. The molecule has 0 radical (unpaired) electrons. The second-order valence-corrected chi connectivity index (χ2v) is 5.52. The van der Waals surface area contributed by atoms with Crippen LogP contribution in [-0.4, -0.2) is 48.2 Å². The Morgan fingerprint density at radius 3 is 2.81 bits per heavy atom. The van der Waals surface area contributed by atoms with Gasteiger partial charge in [-0.3, -0.25) is 4.79 Å². The highest BCUT2D eigenvalue weighted by molar-refractivity contribution is 6.07. The number of fused-ring (bicyclic) bond motifs is 3. The maximum Gasteiger partial charge on any atom is 0.255 e. The van der Waals surface area contributed by atoms with E-state index < -0.39 is 0 Å². The molecule has 1 aromatic carbocycles. The summed E-state index contributed by atoms with van der Waals surface area (Å²) in [5.41, 5.74) is 1.44. The smallest absolute Gasteiger partial charge is 0.255 e. The number of ether oxygens (including phenoxy) is 2. The summed E-state index contributed by atoms with van der Waals surface area (Å²) in [5.74, 6) is 0.524. The van der Waals surface area contributed by atoms with Crippen LogP contribution in [0.4, 0.5) is 0 Å². The first-order valence-electron chi connectivity index (χ1n) is 7.12. The normalized spacial score (nSPS) is 23.8. The van der Waals surface area contributed by atoms with Gasteiger partial charge in [0.15, 0.2) is 0 Å². The number of hydrogen-bond donors (Lipinski definition) is 0. The Bertz CT molecular complexity index is 702. The lowest BCUT2D eigenvalue weighted by Gasteiger charge is -2.52. The monoisotopic (exact) mass is 284 g/mol. The standard InChI is InChI=1S/C16H16N2O3/c1-20-15-7-13(12-4-2-3-5-14(12)17-15)16(19)18-10-6-11(18)9-21-8-10/h2-5,7,10-11H,6,8-9H2,1H3. The third-order valence-electron chi connectivity index (χ3n) is 4.32. The fourth-order valence-corrected chi connectivity index (χ4v) is 3.24. The van der Waals surface area contributed by atoms with E-state index in [1.807, 2.05) is 29.2 Å². The molecule has 0 saturated carbocycles. The third-order valence-corrected chi connectivity index (χ3v) is 4.32. The van der Waals surface area contributed by atoms with Crippen molar-refractivity contribution in [1.29, 1.82) is 0 Å². The van der Waals surface area contributed by atoms with Crippen LogP contribution in [0.15, 0.2) is 30.3 Å². The van der Waals surface area contributed by atoms with Crippen molar-refractivity contribution in [2.24, 2.45) is 0 Å². The molecule has 0 N–H and O–H groups in total. The van der Waals surface area contributed by atoms with Gasteiger partial charge in [0, 0.05) is 11.5 Å². The van der Waals surface area contributed by atoms with Crippen molar-refractivity contribution < 1.29 is 14.3 Å². The molecule has 1 amide bonds. The maximum absolute atomic E-state index is 12.9. The summed E-state index contributed by atoms with van der Waals surface area (Å²) >= 11 is 0. The van der Waals surface area contributed by atoms with Crippen molar-refractivity contribution in [1.82, 2.24) is 9.88 Å². The number of carbonyl (C=O) groups excluding carboxylic acids is 1. The fourth-order valence-electron chi connectivity index (χ4n) is 3.24. The molecule has 5 heteroatoms. The lowest BCUT2D eigenvalue weighted by molar-refractivity contribution is -0.104. The van der Waals surface area contributed by atoms with Crippen molar-refractivity contribution >= 4 is 16.8 Å². The second kappa shape index (κ2) is 4.70. The highest BCUT2D eigenvalue weighted by atomic mass is 16.5. The quantitative estimate of drug-likeness (QED) is 0.844. The van der Waals surface area contributed by atoms with E-state index in [1.54, 1.807) is 13.2 Å². The summed E-state index contributed by atoms with van der Waals surface area (Å²) in [6.07, 6.45) is 1.05. The number of aromatic nitrogens is 1. The van der Waals surface area contributed by atoms with Gasteiger partial charge in [0.25, 0.3) is 5.91 Å². The molecular weight excluding hydrogens is 268 g/mol. The van der Waals surface area contributed by atoms with Gasteiger partial charge in [-0.2, -0.15) is 0 Å². The van der Waals surface area contributed by atoms with E-state index >= 15 is 0 Å². The van der Waals surface area contributed by atoms with Crippen molar-refractivity contribution in [3.05, 3.63) is 35.9 Å². The SMILES string of the molecule is COc1cc(C(=O)N2C3COCC2C3)c2ccccc2n1. The predicted molar refractivity (Wildman–Crippen MR) is 77.5 cm³/mol. The van der Waals surface area contributed by atoms with Crippen molar-refractivity contribution in [2.45, 2.75) is 18.5 Å². The first kappa shape index (κ1) is 12.6. The van der Waals surface area contributed by atoms with Crippen molar-refractivity contribution in [3.8, 4) is 5.88 Å². The molecule has 3 heterocycles. The molecule has 2 unspecified atom stereocenters. The average Bonchev–Trinajstić information content (AvgIpc) is 2.54. The van der Waals surface area contributed by atoms with Gasteiger partial charge in [-0.05, 0) is 12.5 Å². The van der Waals surface area contributed by atoms with Gasteiger partial charge < -0.3 is 14.4 Å². The summed E-state index contributed by atoms with van der Waals surface area (Å²) in [7, 11) is 1.57. The van der Waals surface area contributed by atoms with E-state index in [0.717, 1.165) is 17.3 Å². The van der Waals surface area contributed by atoms with E-state index in [-0.39, 0.29) is 18.0 Å². The van der Waals surface area contributed by atoms with Gasteiger partial charge in [-0.25, -0.2) is 4.98 Å². The molecule has 2 fully saturated rings. The van der Waals surface area contributed by atoms with Gasteiger partial charge in [0.2, 0.25) is 5.88 Å². The largest absolute Gasteiger partial charge is 0.481 e. The van der Waals surface area contributed by atoms with Crippen LogP contribution in [0.2, 0.25) is 0 Å². The molecule has 2 atom stereocenters. The zero-order valence-corrected chi connectivity index (χ0v) is 11.8. The second-order valence-electron chi connectivity index (χ2n) is 5.52. The van der Waals surface area contributed by atoms with E-state index in [2.05, 4.69) is 4.98 Å². The van der Waals surface area contributed by atoms with Crippen LogP contribution in [0.3, 0.4) is 0 Å². The first-order valence-corrected chi connectivity index (χ1v) is 7.12. The number of rotatable bonds is 2. The zero-order valence-electron chi connectivity index (χ0n) is 11.8. The Kier molecular flexibility index (Phi) is 2.82. The predicted octanol–water partition coefficient (Wildman–Crippen LogP) is 1.86. The summed E-state index contributed by atoms with van der Waals surface area (Å²) in [4.78, 5) is 19.3. The lowest BCUT2D eigenvalue weighted by atomic mass is 9.90. The molecule has 1 aromatic heterocycles. The molecule has 108 valence electrons. The molecule has 2 aliphatic heterocycles. The van der Waals surface area contributed by atoms with Crippen molar-refractivity contribution in [3.63, 3.8) is 0 Å². The third kappa shape index (κ3) is 1.88. The van der Waals surface area contributed by atoms with Crippen LogP contribution >= 0.6 is 0 Å². The first-order chi connectivity index (χ1) is 10.3. The van der Waals surface area contributed by atoms with Crippen LogP contribution < -0.4 is 4.74 Å². The van der Waals surface area contributed by atoms with Gasteiger partial charge in [-0.1, -0.05) is 18.2 Å². The molecule has 0 spiro atoms. The summed E-state index contributed by atoms with van der Waals surface area (Å²) in [5, 5.41) is 0.870. The van der Waals surface area contributed by atoms with E-state index in [0.29, 0.717) is 24.7 Å². The fraction of sp³-hybridized carbons (Fsp3) is 0.375. The molecular formula is C16H16N2O3. The number of carbonyl (C=O) groups is 1. The summed E-state index contributed by atoms with van der Waals surface area (Å²) in [6.45, 7) is 1.28. The lowest BCUT2D eigenvalue weighted by Crippen LogP contribution is -2.65. The van der Waals surface area contributed by atoms with Gasteiger partial charge in [-0.15, -0.1) is 0 Å². The maximum atomic E-state index is 12.9. The number of methoxy groups -OCH3 is 1. The minimum Gasteiger partial charge on any atom is -0.481 e. The van der Waals surface area contributed by atoms with Crippen LogP contribution in [0.1, 0.15) is 16.8 Å². The Labute approximate surface area is 122 Å². The van der Waals surface area contributed by atoms with Crippen LogP contribution in [-0.2, 0) is 4.74 Å². The molecule has 2 aromatic rings. The van der Waals surface area contributed by atoms with Crippen LogP contribution in [0.25, 0.3) is 10.9 Å². The topological polar surface area (TPSA) is 51.7 Å². The molecule has 2 bridgehead atoms. The Balaban J connectivity index is 1.80. The minimum absolute atomic E-state index is 0.0523. The molecule has 4 rings (SSSR count). The molecule has 0 aliphatic carbocycles. The highest BCUT2D eigenvalue weighted by Crippen LogP contribution is 2.34. The number of morpholine rings is 1. The van der Waals surface area contributed by atoms with E-state index in [4.69, 9.17) is 9.47 Å². The van der Waals surface area contributed by atoms with Gasteiger partial charge >= 0.3 is 0 Å². The van der Waals surface area contributed by atoms with Crippen molar-refractivity contribution in [2.75, 3.05) is 20.3 Å². The molecule has 2 saturated heterocycles. The number of amides is 1. The zero-order chi connectivity index (χ0) is 14.4. The number of para-hydroxylation sites is 1. The van der Waals surface area contributed by atoms with E-state index in [1.165, 1.54) is 0 Å². The summed E-state index contributed by atoms with van der Waals surface area (Å²) in [6, 6.07) is 9.83. The minimum atomic E-state index is 0.0523. The van der Waals surface area contributed by atoms with Crippen LogP contribution in [0.5, 0.6) is 5.88 Å². The van der Waals surface area contributed by atoms with Gasteiger partial charge in [0.1, 0.15) is 0 Å². The number of pyridine rings is 1. The number of benzene rings is 1. The van der Waals surface area contributed by atoms with Gasteiger partial charge in [0.05, 0.1) is 43.5 Å². The Morgan fingerprint density at radius 2 is 2.10 bits per heavy atom. The summed E-state index contributed by atoms with van der Waals surface area (Å²) < 4.78 is 10.7. The Hall–Kier alpha value is -2.14. The Morgan fingerprint density at radius 1 is 1.33 bits per heavy atom.